The van der Waals surface area contributed by atoms with E-state index in [0.717, 1.165) is 0 Å². The molecule has 0 aliphatic heterocycles. The number of aryl methyl sites for hydroxylation is 2. The molecular formula is C46H48Si. The second kappa shape index (κ2) is 13.1. The summed E-state index contributed by atoms with van der Waals surface area (Å²) in [5.41, 5.74) is 8.04. The van der Waals surface area contributed by atoms with Crippen molar-refractivity contribution in [3.63, 3.8) is 0 Å². The van der Waals surface area contributed by atoms with E-state index in [-0.39, 0.29) is 0 Å². The summed E-state index contributed by atoms with van der Waals surface area (Å²) in [6.45, 7) is 12.0. The SMILES string of the molecule is CCCCCCCC[Si](C)(C)c1ccc2c(-c3ccc(C)c4ccccc34)c3ccccc3c(-c3ccc(C)c4ccccc34)c2c1. The summed E-state index contributed by atoms with van der Waals surface area (Å²) in [7, 11) is -1.67. The molecule has 1 heteroatoms. The van der Waals surface area contributed by atoms with Gasteiger partial charge in [-0.3, -0.25) is 0 Å². The average molecular weight is 629 g/mol. The topological polar surface area (TPSA) is 0 Å². The molecule has 0 heterocycles. The third-order valence-electron chi connectivity index (χ3n) is 10.8. The van der Waals surface area contributed by atoms with Gasteiger partial charge in [0.2, 0.25) is 0 Å². The van der Waals surface area contributed by atoms with Crippen molar-refractivity contribution >= 4 is 56.4 Å². The van der Waals surface area contributed by atoms with E-state index in [1.807, 2.05) is 0 Å². The summed E-state index contributed by atoms with van der Waals surface area (Å²) in [4.78, 5) is 0. The highest BCUT2D eigenvalue weighted by Gasteiger charge is 2.26. The predicted molar refractivity (Wildman–Crippen MR) is 212 cm³/mol. The molecule has 7 aromatic carbocycles. The number of benzene rings is 7. The molecule has 0 aliphatic rings. The normalized spacial score (nSPS) is 12.1. The zero-order chi connectivity index (χ0) is 32.5. The van der Waals surface area contributed by atoms with Crippen molar-refractivity contribution in [1.29, 1.82) is 0 Å². The van der Waals surface area contributed by atoms with Gasteiger partial charge >= 0.3 is 0 Å². The van der Waals surface area contributed by atoms with Gasteiger partial charge in [0.05, 0.1) is 8.07 Å². The molecule has 47 heavy (non-hydrogen) atoms. The van der Waals surface area contributed by atoms with Crippen molar-refractivity contribution in [2.24, 2.45) is 0 Å². The van der Waals surface area contributed by atoms with E-state index < -0.39 is 8.07 Å². The summed E-state index contributed by atoms with van der Waals surface area (Å²) in [6, 6.07) is 45.4. The van der Waals surface area contributed by atoms with Crippen molar-refractivity contribution in [1.82, 2.24) is 0 Å². The Morgan fingerprint density at radius 3 is 1.43 bits per heavy atom. The molecule has 0 saturated carbocycles. The first kappa shape index (κ1) is 31.4. The zero-order valence-electron chi connectivity index (χ0n) is 28.9. The van der Waals surface area contributed by atoms with E-state index in [4.69, 9.17) is 0 Å². The van der Waals surface area contributed by atoms with Crippen LogP contribution in [-0.2, 0) is 0 Å². The van der Waals surface area contributed by atoms with E-state index in [1.54, 1.807) is 5.19 Å². The summed E-state index contributed by atoms with van der Waals surface area (Å²) < 4.78 is 0. The molecule has 0 radical (unpaired) electrons. The molecule has 0 aliphatic carbocycles. The largest absolute Gasteiger partial charge is 0.0806 e. The fraction of sp³-hybridized carbons (Fsp3) is 0.261. The van der Waals surface area contributed by atoms with Gasteiger partial charge in [0.15, 0.2) is 0 Å². The molecular weight excluding hydrogens is 581 g/mol. The number of unbranched alkanes of at least 4 members (excludes halogenated alkanes) is 5. The maximum atomic E-state index is 2.62. The van der Waals surface area contributed by atoms with Crippen molar-refractivity contribution in [3.8, 4) is 22.3 Å². The van der Waals surface area contributed by atoms with Crippen LogP contribution in [0.25, 0.3) is 65.3 Å². The molecule has 0 fully saturated rings. The van der Waals surface area contributed by atoms with E-state index in [2.05, 4.69) is 149 Å². The average Bonchev–Trinajstić information content (AvgIpc) is 3.10. The maximum Gasteiger partial charge on any atom is 0.0806 e. The van der Waals surface area contributed by atoms with Crippen LogP contribution in [0.1, 0.15) is 56.6 Å². The van der Waals surface area contributed by atoms with Crippen LogP contribution < -0.4 is 5.19 Å². The van der Waals surface area contributed by atoms with Crippen LogP contribution in [0.4, 0.5) is 0 Å². The second-order valence-electron chi connectivity index (χ2n) is 14.4. The summed E-state index contributed by atoms with van der Waals surface area (Å²) in [6.07, 6.45) is 8.14. The molecule has 0 saturated heterocycles. The predicted octanol–water partition coefficient (Wildman–Crippen LogP) is 13.5. The maximum absolute atomic E-state index is 2.62. The van der Waals surface area contributed by atoms with Gasteiger partial charge in [-0.05, 0) is 90.3 Å². The van der Waals surface area contributed by atoms with Crippen LogP contribution in [0.2, 0.25) is 19.1 Å². The van der Waals surface area contributed by atoms with Crippen LogP contribution >= 0.6 is 0 Å². The fourth-order valence-electron chi connectivity index (χ4n) is 8.01. The first-order chi connectivity index (χ1) is 22.9. The standard InChI is InChI=1S/C46H48Si/c1-6-7-8-9-10-17-30-47(4,5)34-26-29-43-44(31-34)46(42-28-25-33(3)36-19-12-14-21-38(36)42)40-23-16-15-22-39(40)45(43)41-27-24-32(2)35-18-11-13-20-37(35)41/h11-16,18-29,31H,6-10,17,30H2,1-5H3. The molecule has 0 amide bonds. The van der Waals surface area contributed by atoms with Gasteiger partial charge in [-0.1, -0.05) is 185 Å². The van der Waals surface area contributed by atoms with Crippen molar-refractivity contribution in [3.05, 3.63) is 126 Å². The lowest BCUT2D eigenvalue weighted by atomic mass is 9.83. The third-order valence-corrected chi connectivity index (χ3v) is 14.3. The number of rotatable bonds is 10. The Bertz CT molecular complexity index is 2240. The Kier molecular flexibility index (Phi) is 8.77. The summed E-state index contributed by atoms with van der Waals surface area (Å²) >= 11 is 0. The van der Waals surface area contributed by atoms with E-state index in [9.17, 15) is 0 Å². The van der Waals surface area contributed by atoms with Gasteiger partial charge in [0.25, 0.3) is 0 Å². The van der Waals surface area contributed by atoms with E-state index >= 15 is 0 Å². The quantitative estimate of drug-likeness (QED) is 0.0803. The van der Waals surface area contributed by atoms with Gasteiger partial charge in [-0.25, -0.2) is 0 Å². The minimum absolute atomic E-state index is 1.31. The fourth-order valence-corrected chi connectivity index (χ4v) is 10.5. The molecule has 7 rings (SSSR count). The molecule has 0 nitrogen and oxygen atoms in total. The first-order valence-electron chi connectivity index (χ1n) is 17.9. The molecule has 0 aromatic heterocycles. The Morgan fingerprint density at radius 2 is 0.872 bits per heavy atom. The third kappa shape index (κ3) is 5.80. The Hall–Kier alpha value is -4.20. The molecule has 0 bridgehead atoms. The van der Waals surface area contributed by atoms with Crippen molar-refractivity contribution in [2.75, 3.05) is 0 Å². The highest BCUT2D eigenvalue weighted by Crippen LogP contribution is 2.47. The highest BCUT2D eigenvalue weighted by molar-refractivity contribution is 6.90. The van der Waals surface area contributed by atoms with Crippen LogP contribution in [-0.4, -0.2) is 8.07 Å². The van der Waals surface area contributed by atoms with Crippen LogP contribution in [0.5, 0.6) is 0 Å². The van der Waals surface area contributed by atoms with Gasteiger partial charge in [-0.15, -0.1) is 0 Å². The van der Waals surface area contributed by atoms with Gasteiger partial charge in [-0.2, -0.15) is 0 Å². The molecule has 0 spiro atoms. The second-order valence-corrected chi connectivity index (χ2v) is 19.3. The van der Waals surface area contributed by atoms with E-state index in [1.165, 1.54) is 121 Å². The van der Waals surface area contributed by atoms with Crippen LogP contribution in [0.3, 0.4) is 0 Å². The molecule has 236 valence electrons. The van der Waals surface area contributed by atoms with E-state index in [0.29, 0.717) is 0 Å². The lowest BCUT2D eigenvalue weighted by molar-refractivity contribution is 0.623. The highest BCUT2D eigenvalue weighted by atomic mass is 28.3. The van der Waals surface area contributed by atoms with Crippen LogP contribution in [0, 0.1) is 13.8 Å². The molecule has 0 N–H and O–H groups in total. The van der Waals surface area contributed by atoms with Gasteiger partial charge in [0.1, 0.15) is 0 Å². The molecule has 0 atom stereocenters. The lowest BCUT2D eigenvalue weighted by Crippen LogP contribution is -2.41. The lowest BCUT2D eigenvalue weighted by Gasteiger charge is -2.26. The van der Waals surface area contributed by atoms with Crippen molar-refractivity contribution < 1.29 is 0 Å². The number of fused-ring (bicyclic) bond motifs is 4. The zero-order valence-corrected chi connectivity index (χ0v) is 29.9. The van der Waals surface area contributed by atoms with Crippen LogP contribution in [0.15, 0.2) is 115 Å². The Morgan fingerprint density at radius 1 is 0.426 bits per heavy atom. The molecule has 7 aromatic rings. The summed E-state index contributed by atoms with van der Waals surface area (Å²) in [5, 5.41) is 12.3. The van der Waals surface area contributed by atoms with Gasteiger partial charge < -0.3 is 0 Å². The Labute approximate surface area is 282 Å². The minimum Gasteiger partial charge on any atom is -0.0654 e. The first-order valence-corrected chi connectivity index (χ1v) is 21.1. The number of hydrogen-bond acceptors (Lipinski definition) is 0. The summed E-state index contributed by atoms with van der Waals surface area (Å²) in [5.74, 6) is 0. The van der Waals surface area contributed by atoms with Crippen molar-refractivity contribution in [2.45, 2.75) is 78.4 Å². The number of hydrogen-bond donors (Lipinski definition) is 0. The minimum atomic E-state index is -1.67. The molecule has 0 unspecified atom stereocenters. The van der Waals surface area contributed by atoms with Gasteiger partial charge in [0, 0.05) is 0 Å². The Balaban J connectivity index is 1.52. The smallest absolute Gasteiger partial charge is 0.0654 e. The monoisotopic (exact) mass is 628 g/mol.